The van der Waals surface area contributed by atoms with E-state index in [1.807, 2.05) is 72.8 Å². The molecule has 5 rings (SSSR count). The highest BCUT2D eigenvalue weighted by Gasteiger charge is 2.44. The van der Waals surface area contributed by atoms with Crippen molar-refractivity contribution in [3.8, 4) is 11.1 Å². The Hall–Kier alpha value is -3.58. The Labute approximate surface area is 209 Å². The monoisotopic (exact) mass is 486 g/mol. The fourth-order valence-electron chi connectivity index (χ4n) is 5.01. The Kier molecular flexibility index (Phi) is 6.34. The van der Waals surface area contributed by atoms with Crippen molar-refractivity contribution in [2.75, 3.05) is 4.90 Å². The van der Waals surface area contributed by atoms with Crippen LogP contribution in [0.1, 0.15) is 23.1 Å². The number of carboxylic acid groups (broad SMARTS) is 1. The summed E-state index contributed by atoms with van der Waals surface area (Å²) >= 11 is 4.51. The summed E-state index contributed by atoms with van der Waals surface area (Å²) in [7, 11) is 0. The summed E-state index contributed by atoms with van der Waals surface area (Å²) in [5.74, 6) is -1.75. The second kappa shape index (κ2) is 9.58. The van der Waals surface area contributed by atoms with Crippen molar-refractivity contribution in [2.45, 2.75) is 43.0 Å². The van der Waals surface area contributed by atoms with Gasteiger partial charge in [-0.25, -0.2) is 4.79 Å². The van der Waals surface area contributed by atoms with E-state index in [0.29, 0.717) is 24.9 Å². The predicted octanol–water partition coefficient (Wildman–Crippen LogP) is 3.67. The molecule has 6 nitrogen and oxygen atoms in total. The number of anilines is 1. The Morgan fingerprint density at radius 3 is 2.37 bits per heavy atom. The third kappa shape index (κ3) is 4.56. The molecule has 0 bridgehead atoms. The molecule has 0 radical (unpaired) electrons. The molecule has 0 fully saturated rings. The number of hydrogen-bond donors (Lipinski definition) is 3. The zero-order valence-corrected chi connectivity index (χ0v) is 19.9. The number of carboxylic acids is 1. The summed E-state index contributed by atoms with van der Waals surface area (Å²) in [4.78, 5) is 39.7. The lowest BCUT2D eigenvalue weighted by Gasteiger charge is -2.26. The third-order valence-electron chi connectivity index (χ3n) is 6.80. The average Bonchev–Trinajstić information content (AvgIpc) is 3.21. The van der Waals surface area contributed by atoms with Crippen molar-refractivity contribution in [1.82, 2.24) is 5.32 Å². The minimum absolute atomic E-state index is 0.277. The summed E-state index contributed by atoms with van der Waals surface area (Å²) in [6, 6.07) is 22.0. The van der Waals surface area contributed by atoms with E-state index >= 15 is 0 Å². The van der Waals surface area contributed by atoms with Gasteiger partial charge in [-0.2, -0.15) is 12.6 Å². The average molecular weight is 487 g/mol. The van der Waals surface area contributed by atoms with Crippen LogP contribution in [0.25, 0.3) is 11.1 Å². The van der Waals surface area contributed by atoms with Crippen molar-refractivity contribution < 1.29 is 19.5 Å². The van der Waals surface area contributed by atoms with Crippen LogP contribution in [-0.2, 0) is 33.6 Å². The third-order valence-corrected chi connectivity index (χ3v) is 7.22. The predicted molar refractivity (Wildman–Crippen MR) is 138 cm³/mol. The van der Waals surface area contributed by atoms with Crippen LogP contribution in [0.15, 0.2) is 72.8 Å². The van der Waals surface area contributed by atoms with Gasteiger partial charge in [-0.05, 0) is 47.1 Å². The summed E-state index contributed by atoms with van der Waals surface area (Å²) < 4.78 is 0. The highest BCUT2D eigenvalue weighted by atomic mass is 32.1. The first-order valence-electron chi connectivity index (χ1n) is 11.7. The Morgan fingerprint density at radius 2 is 1.66 bits per heavy atom. The smallest absolute Gasteiger partial charge is 0.327 e. The molecule has 0 saturated carbocycles. The van der Waals surface area contributed by atoms with Gasteiger partial charge in [0.05, 0.1) is 10.9 Å². The number of para-hydroxylation sites is 1. The van der Waals surface area contributed by atoms with Crippen LogP contribution < -0.4 is 10.2 Å². The number of benzene rings is 3. The van der Waals surface area contributed by atoms with Gasteiger partial charge in [0.25, 0.3) is 0 Å². The lowest BCUT2D eigenvalue weighted by molar-refractivity contribution is -0.140. The van der Waals surface area contributed by atoms with Gasteiger partial charge >= 0.3 is 5.97 Å². The summed E-state index contributed by atoms with van der Waals surface area (Å²) in [6.07, 6.45) is 1.69. The zero-order chi connectivity index (χ0) is 24.5. The number of rotatable bonds is 6. The molecule has 2 amide bonds. The van der Waals surface area contributed by atoms with Gasteiger partial charge in [-0.3, -0.25) is 14.5 Å². The van der Waals surface area contributed by atoms with Crippen molar-refractivity contribution in [3.63, 3.8) is 0 Å². The largest absolute Gasteiger partial charge is 0.480 e. The molecular weight excluding hydrogens is 460 g/mol. The van der Waals surface area contributed by atoms with Crippen LogP contribution in [0, 0.1) is 0 Å². The van der Waals surface area contributed by atoms with Crippen LogP contribution >= 0.6 is 12.6 Å². The number of aliphatic carboxylic acids is 1. The fourth-order valence-corrected chi connectivity index (χ4v) is 5.30. The van der Waals surface area contributed by atoms with Gasteiger partial charge in [0, 0.05) is 6.42 Å². The molecular formula is C28H26N2O4S. The van der Waals surface area contributed by atoms with E-state index in [0.717, 1.165) is 27.8 Å². The normalized spacial score (nSPS) is 19.6. The number of aryl methyl sites for hydroxylation is 1. The Bertz CT molecular complexity index is 1280. The molecule has 0 spiro atoms. The molecule has 3 aromatic rings. The molecule has 1 unspecified atom stereocenters. The molecule has 3 atom stereocenters. The van der Waals surface area contributed by atoms with Crippen molar-refractivity contribution in [2.24, 2.45) is 0 Å². The van der Waals surface area contributed by atoms with Gasteiger partial charge in [-0.15, -0.1) is 0 Å². The fraction of sp³-hybridized carbons (Fsp3) is 0.250. The van der Waals surface area contributed by atoms with Crippen LogP contribution in [0.4, 0.5) is 5.69 Å². The minimum Gasteiger partial charge on any atom is -0.480 e. The molecule has 2 aliphatic rings. The van der Waals surface area contributed by atoms with E-state index in [4.69, 9.17) is 0 Å². The molecule has 35 heavy (non-hydrogen) atoms. The number of thiol groups is 1. The molecule has 0 saturated heterocycles. The number of nitrogens with one attached hydrogen (secondary N) is 1. The van der Waals surface area contributed by atoms with Gasteiger partial charge in [0.15, 0.2) is 0 Å². The van der Waals surface area contributed by atoms with Gasteiger partial charge in [-0.1, -0.05) is 72.8 Å². The molecule has 0 aromatic heterocycles. The van der Waals surface area contributed by atoms with E-state index in [-0.39, 0.29) is 18.2 Å². The van der Waals surface area contributed by atoms with Gasteiger partial charge < -0.3 is 10.4 Å². The van der Waals surface area contributed by atoms with Gasteiger partial charge in [0.2, 0.25) is 11.8 Å². The molecule has 2 aliphatic heterocycles. The summed E-state index contributed by atoms with van der Waals surface area (Å²) in [5.41, 5.74) is 5.68. The molecule has 7 heteroatoms. The molecule has 2 heterocycles. The first kappa shape index (κ1) is 23.2. The first-order valence-corrected chi connectivity index (χ1v) is 12.2. The number of carbonyl (C=O) groups is 3. The lowest BCUT2D eigenvalue weighted by atomic mass is 10.0. The van der Waals surface area contributed by atoms with E-state index in [1.165, 1.54) is 4.90 Å². The summed E-state index contributed by atoms with van der Waals surface area (Å²) in [5, 5.41) is 11.9. The SMILES string of the molecule is O=C(NC1CCc2cccc3c2N(C1=O)[C@H](C(=O)O)C3)[C@@H](S)Cc1ccc(-c2ccccc2)cc1. The minimum atomic E-state index is -1.04. The maximum Gasteiger partial charge on any atom is 0.327 e. The van der Waals surface area contributed by atoms with Crippen LogP contribution in [0.2, 0.25) is 0 Å². The highest BCUT2D eigenvalue weighted by Crippen LogP contribution is 2.39. The molecule has 3 aromatic carbocycles. The summed E-state index contributed by atoms with van der Waals surface area (Å²) in [6.45, 7) is 0. The topological polar surface area (TPSA) is 86.7 Å². The number of hydrogen-bond acceptors (Lipinski definition) is 4. The second-order valence-electron chi connectivity index (χ2n) is 9.07. The maximum atomic E-state index is 13.4. The Balaban J connectivity index is 1.27. The number of nitrogens with zero attached hydrogens (tertiary/aromatic N) is 1. The van der Waals surface area contributed by atoms with Crippen LogP contribution in [0.5, 0.6) is 0 Å². The van der Waals surface area contributed by atoms with E-state index in [2.05, 4.69) is 17.9 Å². The standard InChI is InChI=1S/C28H26N2O4S/c31-26(24(35)15-17-9-11-19(12-10-17)18-5-2-1-3-6-18)29-22-14-13-20-7-4-8-21-16-23(28(33)34)30(25(20)21)27(22)32/h1-12,22-24,35H,13-16H2,(H,29,31)(H,33,34)/t22?,23-,24-/m0/s1. The van der Waals surface area contributed by atoms with Crippen LogP contribution in [0.3, 0.4) is 0 Å². The van der Waals surface area contributed by atoms with Crippen molar-refractivity contribution in [1.29, 1.82) is 0 Å². The second-order valence-corrected chi connectivity index (χ2v) is 9.70. The van der Waals surface area contributed by atoms with E-state index in [1.54, 1.807) is 0 Å². The lowest BCUT2D eigenvalue weighted by Crippen LogP contribution is -2.53. The van der Waals surface area contributed by atoms with Crippen LogP contribution in [-0.4, -0.2) is 40.2 Å². The number of amides is 2. The highest BCUT2D eigenvalue weighted by molar-refractivity contribution is 7.81. The molecule has 0 aliphatic carbocycles. The Morgan fingerprint density at radius 1 is 0.971 bits per heavy atom. The molecule has 2 N–H and O–H groups in total. The maximum absolute atomic E-state index is 13.4. The molecule has 178 valence electrons. The van der Waals surface area contributed by atoms with Gasteiger partial charge in [0.1, 0.15) is 12.1 Å². The quantitative estimate of drug-likeness (QED) is 0.464. The van der Waals surface area contributed by atoms with Crippen molar-refractivity contribution >= 4 is 36.1 Å². The zero-order valence-electron chi connectivity index (χ0n) is 19.1. The first-order chi connectivity index (χ1) is 16.9. The number of carbonyl (C=O) groups excluding carboxylic acids is 2. The van der Waals surface area contributed by atoms with E-state index < -0.39 is 23.3 Å². The van der Waals surface area contributed by atoms with E-state index in [9.17, 15) is 19.5 Å². The van der Waals surface area contributed by atoms with Crippen molar-refractivity contribution in [3.05, 3.63) is 89.5 Å².